The van der Waals surface area contributed by atoms with Crippen molar-refractivity contribution in [3.63, 3.8) is 0 Å². The number of rotatable bonds is 12. The van der Waals surface area contributed by atoms with Gasteiger partial charge >= 0.3 is 18.1 Å². The van der Waals surface area contributed by atoms with Gasteiger partial charge in [-0.05, 0) is 56.3 Å². The smallest absolute Gasteiger partial charge is 0.490 e. The molecule has 14 N–H and O–H groups in total. The number of amides is 5. The van der Waals surface area contributed by atoms with E-state index in [1.54, 1.807) is 0 Å². The van der Waals surface area contributed by atoms with Gasteiger partial charge in [0, 0.05) is 13.0 Å². The van der Waals surface area contributed by atoms with Crippen molar-refractivity contribution in [2.75, 3.05) is 19.6 Å². The Hall–Kier alpha value is -5.67. The number of hydrogen-bond donors (Lipinski definition) is 11. The van der Waals surface area contributed by atoms with Gasteiger partial charge in [0.25, 0.3) is 0 Å². The Balaban J connectivity index is 0.00000167. The first-order valence-electron chi connectivity index (χ1n) is 15.4. The van der Waals surface area contributed by atoms with Crippen LogP contribution < -0.4 is 43.8 Å². The molecular weight excluding hydrogens is 691 g/mol. The van der Waals surface area contributed by atoms with Crippen molar-refractivity contribution in [2.45, 2.75) is 75.3 Å². The fourth-order valence-corrected chi connectivity index (χ4v) is 4.35. The molecule has 0 aliphatic carbocycles. The average Bonchev–Trinajstić information content (AvgIpc) is 3.04. The number of phenolic OH excluding ortho intramolecular Hbond substituents is 1. The van der Waals surface area contributed by atoms with Gasteiger partial charge in [0.2, 0.25) is 29.5 Å². The standard InChI is InChI=1S/C27H41N9O8.C2HF3O2/c28-10-2-1-4-18-24(42)34-17(5-3-11-31-27(29)30)23(41)32-14-21(38)33-20(13-22(39)40)26(44)36-19(25(43)35-18)12-15-6-8-16(37)9-7-15;3-2(4,5)1(6)7/h6-9,17-20,37H,1-5,10-14,28H2,(H,32,41)(H,33,38)(H,34,42)(H,35,43)(H,36,44)(H,39,40)(H4,29,30,31);(H,6,7)/t17-,18-,19+,20-;/m0./s1. The Bertz CT molecular complexity index is 1410. The molecule has 1 fully saturated rings. The molecule has 0 unspecified atom stereocenters. The number of carboxylic acid groups (broad SMARTS) is 2. The maximum Gasteiger partial charge on any atom is 0.490 e. The summed E-state index contributed by atoms with van der Waals surface area (Å²) in [6, 6.07) is 0.627. The molecule has 51 heavy (non-hydrogen) atoms. The molecule has 1 heterocycles. The number of carbonyl (C=O) groups excluding carboxylic acids is 5. The zero-order valence-electron chi connectivity index (χ0n) is 27.2. The van der Waals surface area contributed by atoms with Gasteiger partial charge in [-0.25, -0.2) is 4.79 Å². The zero-order chi connectivity index (χ0) is 38.7. The minimum absolute atomic E-state index is 0.0267. The Kier molecular flexibility index (Phi) is 18.2. The molecule has 1 aliphatic rings. The van der Waals surface area contributed by atoms with Gasteiger partial charge in [0.15, 0.2) is 5.96 Å². The predicted molar refractivity (Wildman–Crippen MR) is 171 cm³/mol. The van der Waals surface area contributed by atoms with Crippen LogP contribution in [0.2, 0.25) is 0 Å². The second-order valence-electron chi connectivity index (χ2n) is 11.0. The predicted octanol–water partition coefficient (Wildman–Crippen LogP) is -2.71. The van der Waals surface area contributed by atoms with Crippen LogP contribution in [-0.4, -0.2) is 113 Å². The summed E-state index contributed by atoms with van der Waals surface area (Å²) >= 11 is 0. The number of aliphatic carboxylic acids is 2. The van der Waals surface area contributed by atoms with Crippen LogP contribution in [0.25, 0.3) is 0 Å². The third-order valence-corrected chi connectivity index (χ3v) is 6.86. The lowest BCUT2D eigenvalue weighted by Gasteiger charge is -2.26. The maximum absolute atomic E-state index is 13.6. The number of carbonyl (C=O) groups is 7. The number of aromatic hydroxyl groups is 1. The number of phenols is 1. The summed E-state index contributed by atoms with van der Waals surface area (Å²) in [6.45, 7) is -0.136. The SMILES string of the molecule is NCCCC[C@@H]1NC(=O)[C@@H](Cc2ccc(O)cc2)NC(=O)[C@H](CC(=O)O)NC(=O)CNC(=O)[C@H](CCCN=C(N)N)NC1=O.O=C(O)C(F)(F)F. The fraction of sp³-hybridized carbons (Fsp3) is 0.517. The van der Waals surface area contributed by atoms with Gasteiger partial charge < -0.3 is 59.1 Å². The lowest BCUT2D eigenvalue weighted by atomic mass is 10.0. The van der Waals surface area contributed by atoms with E-state index < -0.39 is 84.8 Å². The van der Waals surface area contributed by atoms with Gasteiger partial charge in [-0.1, -0.05) is 12.1 Å². The summed E-state index contributed by atoms with van der Waals surface area (Å²) in [5.74, 6) is -8.37. The summed E-state index contributed by atoms with van der Waals surface area (Å²) in [5.41, 5.74) is 16.8. The number of guanidine groups is 1. The van der Waals surface area contributed by atoms with Crippen LogP contribution in [0.5, 0.6) is 5.75 Å². The topological polar surface area (TPSA) is 331 Å². The third kappa shape index (κ3) is 17.5. The van der Waals surface area contributed by atoms with Gasteiger partial charge in [0.1, 0.15) is 29.9 Å². The van der Waals surface area contributed by atoms with Crippen molar-refractivity contribution < 1.29 is 62.1 Å². The second kappa shape index (κ2) is 21.4. The highest BCUT2D eigenvalue weighted by atomic mass is 19.4. The molecule has 0 radical (unpaired) electrons. The number of alkyl halides is 3. The molecule has 0 spiro atoms. The van der Waals surface area contributed by atoms with E-state index in [0.717, 1.165) is 0 Å². The van der Waals surface area contributed by atoms with E-state index in [2.05, 4.69) is 31.6 Å². The van der Waals surface area contributed by atoms with E-state index in [4.69, 9.17) is 27.1 Å². The number of unbranched alkanes of at least 4 members (excludes halogenated alkanes) is 1. The zero-order valence-corrected chi connectivity index (χ0v) is 27.2. The molecule has 1 saturated heterocycles. The summed E-state index contributed by atoms with van der Waals surface area (Å²) in [5, 5.41) is 38.5. The highest BCUT2D eigenvalue weighted by molar-refractivity contribution is 5.98. The molecule has 1 aromatic rings. The molecule has 5 amide bonds. The minimum Gasteiger partial charge on any atom is -0.508 e. The van der Waals surface area contributed by atoms with E-state index in [1.165, 1.54) is 24.3 Å². The normalized spacial score (nSPS) is 20.4. The summed E-state index contributed by atoms with van der Waals surface area (Å²) < 4.78 is 31.7. The number of aliphatic imine (C=N–C) groups is 1. The number of carboxylic acids is 2. The van der Waals surface area contributed by atoms with Gasteiger partial charge in [-0.15, -0.1) is 0 Å². The van der Waals surface area contributed by atoms with E-state index >= 15 is 0 Å². The monoisotopic (exact) mass is 733 g/mol. The lowest BCUT2D eigenvalue weighted by Crippen LogP contribution is -2.58. The number of nitrogens with one attached hydrogen (secondary N) is 5. The number of nitrogens with zero attached hydrogens (tertiary/aromatic N) is 1. The summed E-state index contributed by atoms with van der Waals surface area (Å²) in [4.78, 5) is 90.1. The highest BCUT2D eigenvalue weighted by Crippen LogP contribution is 2.14. The number of nitrogens with two attached hydrogens (primary N) is 3. The molecule has 22 heteroatoms. The highest BCUT2D eigenvalue weighted by Gasteiger charge is 2.38. The molecule has 0 saturated carbocycles. The quantitative estimate of drug-likeness (QED) is 0.0592. The molecule has 1 aliphatic heterocycles. The van der Waals surface area contributed by atoms with Crippen LogP contribution in [0, 0.1) is 0 Å². The molecule has 19 nitrogen and oxygen atoms in total. The summed E-state index contributed by atoms with van der Waals surface area (Å²) in [7, 11) is 0. The van der Waals surface area contributed by atoms with Crippen molar-refractivity contribution in [3.8, 4) is 5.75 Å². The van der Waals surface area contributed by atoms with E-state index in [-0.39, 0.29) is 43.9 Å². The molecule has 4 atom stereocenters. The fourth-order valence-electron chi connectivity index (χ4n) is 4.35. The Morgan fingerprint density at radius 1 is 0.784 bits per heavy atom. The van der Waals surface area contributed by atoms with Gasteiger partial charge in [-0.3, -0.25) is 33.8 Å². The first kappa shape index (κ1) is 43.4. The first-order chi connectivity index (χ1) is 23.8. The molecular formula is C29H42F3N9O10. The molecule has 2 rings (SSSR count). The van der Waals surface area contributed by atoms with Gasteiger partial charge in [-0.2, -0.15) is 13.2 Å². The maximum atomic E-state index is 13.6. The molecule has 284 valence electrons. The largest absolute Gasteiger partial charge is 0.508 e. The van der Waals surface area contributed by atoms with Crippen LogP contribution in [-0.2, 0) is 40.0 Å². The van der Waals surface area contributed by atoms with Crippen molar-refractivity contribution in [1.29, 1.82) is 0 Å². The van der Waals surface area contributed by atoms with E-state index in [0.29, 0.717) is 24.9 Å². The molecule has 0 bridgehead atoms. The Morgan fingerprint density at radius 3 is 1.82 bits per heavy atom. The van der Waals surface area contributed by atoms with Crippen molar-refractivity contribution in [3.05, 3.63) is 29.8 Å². The number of benzene rings is 1. The van der Waals surface area contributed by atoms with Crippen molar-refractivity contribution in [2.24, 2.45) is 22.2 Å². The van der Waals surface area contributed by atoms with Crippen LogP contribution in [0.4, 0.5) is 13.2 Å². The van der Waals surface area contributed by atoms with Crippen LogP contribution in [0.1, 0.15) is 44.1 Å². The van der Waals surface area contributed by atoms with E-state index in [1.807, 2.05) is 0 Å². The van der Waals surface area contributed by atoms with E-state index in [9.17, 15) is 52.2 Å². The second-order valence-corrected chi connectivity index (χ2v) is 11.0. The molecule has 0 aromatic heterocycles. The van der Waals surface area contributed by atoms with Crippen LogP contribution >= 0.6 is 0 Å². The first-order valence-corrected chi connectivity index (χ1v) is 15.4. The van der Waals surface area contributed by atoms with Gasteiger partial charge in [0.05, 0.1) is 13.0 Å². The third-order valence-electron chi connectivity index (χ3n) is 6.86. The minimum atomic E-state index is -5.08. The van der Waals surface area contributed by atoms with Crippen molar-refractivity contribution in [1.82, 2.24) is 26.6 Å². The number of halogens is 3. The lowest BCUT2D eigenvalue weighted by molar-refractivity contribution is -0.192. The molecule has 1 aromatic carbocycles. The Morgan fingerprint density at radius 2 is 1.29 bits per heavy atom. The van der Waals surface area contributed by atoms with Crippen LogP contribution in [0.3, 0.4) is 0 Å². The summed E-state index contributed by atoms with van der Waals surface area (Å²) in [6.07, 6.45) is -4.50. The number of hydrogen-bond acceptors (Lipinski definition) is 10. The Labute approximate surface area is 288 Å². The van der Waals surface area contributed by atoms with Crippen LogP contribution in [0.15, 0.2) is 29.3 Å². The van der Waals surface area contributed by atoms with Crippen molar-refractivity contribution >= 4 is 47.4 Å². The average molecular weight is 734 g/mol.